The molecular weight excluding hydrogens is 138 g/mol. The second kappa shape index (κ2) is 3.76. The van der Waals surface area contributed by atoms with E-state index in [1.165, 1.54) is 0 Å². The summed E-state index contributed by atoms with van der Waals surface area (Å²) >= 11 is 0. The minimum atomic E-state index is 0.601. The molecule has 1 rings (SSSR count). The van der Waals surface area contributed by atoms with E-state index in [0.29, 0.717) is 5.89 Å². The molecule has 11 heavy (non-hydrogen) atoms. The van der Waals surface area contributed by atoms with Crippen LogP contribution in [0.2, 0.25) is 0 Å². The number of aromatic nitrogens is 1. The minimum absolute atomic E-state index is 0.601. The Kier molecular flexibility index (Phi) is 2.66. The molecule has 0 aliphatic rings. The van der Waals surface area contributed by atoms with Crippen molar-refractivity contribution in [3.05, 3.63) is 36.6 Å². The van der Waals surface area contributed by atoms with Crippen LogP contribution < -0.4 is 0 Å². The lowest BCUT2D eigenvalue weighted by molar-refractivity contribution is 0.545. The summed E-state index contributed by atoms with van der Waals surface area (Å²) in [6, 6.07) is 0. The summed E-state index contributed by atoms with van der Waals surface area (Å²) in [5.41, 5.74) is 0.904. The van der Waals surface area contributed by atoms with Crippen molar-refractivity contribution in [1.29, 1.82) is 0 Å². The van der Waals surface area contributed by atoms with E-state index in [9.17, 15) is 0 Å². The Bertz CT molecular complexity index is 260. The Labute approximate surface area is 66.3 Å². The smallest absolute Gasteiger partial charge is 0.219 e. The van der Waals surface area contributed by atoms with Gasteiger partial charge < -0.3 is 4.42 Å². The molecule has 1 aromatic rings. The number of hydrogen-bond acceptors (Lipinski definition) is 2. The molecule has 0 saturated carbocycles. The Morgan fingerprint density at radius 2 is 2.64 bits per heavy atom. The molecule has 57 valence electrons. The molecule has 0 bridgehead atoms. The van der Waals surface area contributed by atoms with E-state index in [1.807, 2.05) is 0 Å². The van der Waals surface area contributed by atoms with Crippen molar-refractivity contribution in [3.63, 3.8) is 0 Å². The van der Waals surface area contributed by atoms with Crippen LogP contribution in [0.4, 0.5) is 0 Å². The summed E-state index contributed by atoms with van der Waals surface area (Å²) in [6.07, 6.45) is 8.71. The molecule has 0 aliphatic heterocycles. The first-order chi connectivity index (χ1) is 5.36. The van der Waals surface area contributed by atoms with Gasteiger partial charge in [-0.3, -0.25) is 0 Å². The van der Waals surface area contributed by atoms with Crippen molar-refractivity contribution in [2.24, 2.45) is 0 Å². The van der Waals surface area contributed by atoms with Crippen LogP contribution in [-0.2, 0) is 6.42 Å². The van der Waals surface area contributed by atoms with Crippen molar-refractivity contribution in [3.8, 4) is 0 Å². The van der Waals surface area contributed by atoms with Crippen molar-refractivity contribution in [2.75, 3.05) is 0 Å². The van der Waals surface area contributed by atoms with Crippen molar-refractivity contribution in [1.82, 2.24) is 4.98 Å². The van der Waals surface area contributed by atoms with Gasteiger partial charge in [0.05, 0.1) is 5.69 Å². The van der Waals surface area contributed by atoms with Crippen molar-refractivity contribution in [2.45, 2.75) is 13.3 Å². The number of rotatable bonds is 3. The van der Waals surface area contributed by atoms with Crippen LogP contribution in [0, 0.1) is 6.08 Å². The summed E-state index contributed by atoms with van der Waals surface area (Å²) < 4.78 is 5.08. The van der Waals surface area contributed by atoms with Crippen LogP contribution in [-0.4, -0.2) is 4.98 Å². The van der Waals surface area contributed by atoms with Gasteiger partial charge in [-0.15, -0.1) is 6.58 Å². The number of nitrogens with zero attached hydrogens (tertiary/aromatic N) is 1. The zero-order chi connectivity index (χ0) is 8.10. The van der Waals surface area contributed by atoms with E-state index in [4.69, 9.17) is 4.42 Å². The molecule has 0 fully saturated rings. The fourth-order valence-electron chi connectivity index (χ4n) is 0.754. The van der Waals surface area contributed by atoms with Gasteiger partial charge >= 0.3 is 0 Å². The second-order valence-electron chi connectivity index (χ2n) is 2.10. The van der Waals surface area contributed by atoms with Gasteiger partial charge in [0.2, 0.25) is 5.89 Å². The van der Waals surface area contributed by atoms with Crippen LogP contribution in [0.1, 0.15) is 18.5 Å². The van der Waals surface area contributed by atoms with E-state index in [2.05, 4.69) is 17.6 Å². The quantitative estimate of drug-likeness (QED) is 0.614. The Morgan fingerprint density at radius 3 is 3.27 bits per heavy atom. The van der Waals surface area contributed by atoms with Gasteiger partial charge in [-0.2, -0.15) is 0 Å². The maximum absolute atomic E-state index is 5.08. The summed E-state index contributed by atoms with van der Waals surface area (Å²) in [5, 5.41) is 0. The van der Waals surface area contributed by atoms with E-state index >= 15 is 0 Å². The average molecular weight is 148 g/mol. The molecule has 1 aromatic heterocycles. The van der Waals surface area contributed by atoms with Crippen LogP contribution >= 0.6 is 0 Å². The molecule has 2 nitrogen and oxygen atoms in total. The zero-order valence-electron chi connectivity index (χ0n) is 6.50. The maximum atomic E-state index is 5.08. The molecule has 1 heterocycles. The highest BCUT2D eigenvalue weighted by atomic mass is 16.3. The van der Waals surface area contributed by atoms with Gasteiger partial charge in [0, 0.05) is 12.5 Å². The first kappa shape index (κ1) is 7.79. The third-order valence-corrected chi connectivity index (χ3v) is 1.19. The molecule has 0 aliphatic carbocycles. The highest BCUT2D eigenvalue weighted by molar-refractivity contribution is 5.34. The number of allylic oxidation sites excluding steroid dienone is 2. The van der Waals surface area contributed by atoms with Crippen molar-refractivity contribution >= 4 is 6.08 Å². The highest BCUT2D eigenvalue weighted by Gasteiger charge is 1.96. The van der Waals surface area contributed by atoms with E-state index in [-0.39, 0.29) is 0 Å². The second-order valence-corrected chi connectivity index (χ2v) is 2.10. The molecule has 0 N–H and O–H groups in total. The lowest BCUT2D eigenvalue weighted by atomic mass is 10.3. The third-order valence-electron chi connectivity index (χ3n) is 1.19. The monoisotopic (exact) mass is 148 g/mol. The topological polar surface area (TPSA) is 26.0 Å². The number of oxazole rings is 1. The molecule has 0 saturated heterocycles. The van der Waals surface area contributed by atoms with Gasteiger partial charge in [0.1, 0.15) is 6.26 Å². The van der Waals surface area contributed by atoms with Gasteiger partial charge in [-0.25, -0.2) is 4.98 Å². The molecular formula is C9H10NO. The van der Waals surface area contributed by atoms with Crippen molar-refractivity contribution < 1.29 is 4.42 Å². The predicted octanol–water partition coefficient (Wildman–Crippen LogP) is 2.24. The maximum Gasteiger partial charge on any atom is 0.219 e. The molecule has 0 unspecified atom stereocenters. The Balaban J connectivity index is 2.72. The first-order valence-electron chi connectivity index (χ1n) is 3.42. The molecule has 2 heteroatoms. The van der Waals surface area contributed by atoms with Crippen LogP contribution in [0.15, 0.2) is 23.3 Å². The number of hydrogen-bond donors (Lipinski definition) is 0. The van der Waals surface area contributed by atoms with E-state index < -0.39 is 0 Å². The lowest BCUT2D eigenvalue weighted by Gasteiger charge is -1.80. The normalized spacial score (nSPS) is 10.6. The lowest BCUT2D eigenvalue weighted by Crippen LogP contribution is -1.79. The third kappa shape index (κ3) is 2.08. The molecule has 0 atom stereocenters. The molecule has 0 spiro atoms. The van der Waals surface area contributed by atoms with Crippen LogP contribution in [0.25, 0.3) is 6.08 Å². The highest BCUT2D eigenvalue weighted by Crippen LogP contribution is 2.04. The first-order valence-corrected chi connectivity index (χ1v) is 3.42. The van der Waals surface area contributed by atoms with Gasteiger partial charge in [-0.1, -0.05) is 6.08 Å². The van der Waals surface area contributed by atoms with E-state index in [0.717, 1.165) is 12.1 Å². The fraction of sp³-hybridized carbons (Fsp3) is 0.222. The zero-order valence-corrected chi connectivity index (χ0v) is 6.50. The SMILES string of the molecule is C=CCc1coc(/C=[C]/C)n1. The largest absolute Gasteiger partial charge is 0.445 e. The fourth-order valence-corrected chi connectivity index (χ4v) is 0.754. The average Bonchev–Trinajstić information content (AvgIpc) is 2.38. The van der Waals surface area contributed by atoms with Crippen LogP contribution in [0.3, 0.4) is 0 Å². The Morgan fingerprint density at radius 1 is 1.82 bits per heavy atom. The molecule has 1 radical (unpaired) electrons. The Hall–Kier alpha value is -1.31. The summed E-state index contributed by atoms with van der Waals surface area (Å²) in [6.45, 7) is 5.41. The molecule has 0 aromatic carbocycles. The molecule has 0 amide bonds. The van der Waals surface area contributed by atoms with Gasteiger partial charge in [0.25, 0.3) is 0 Å². The predicted molar refractivity (Wildman–Crippen MR) is 43.8 cm³/mol. The summed E-state index contributed by atoms with van der Waals surface area (Å²) in [7, 11) is 0. The summed E-state index contributed by atoms with van der Waals surface area (Å²) in [5.74, 6) is 0.601. The van der Waals surface area contributed by atoms with Gasteiger partial charge in [0.15, 0.2) is 0 Å². The standard InChI is InChI=1S/C9H10NO/c1-3-5-8-7-11-9(10-8)6-4-2/h3,6-7H,1,5H2,2H3. The minimum Gasteiger partial charge on any atom is -0.445 e. The van der Waals surface area contributed by atoms with E-state index in [1.54, 1.807) is 25.3 Å². The van der Waals surface area contributed by atoms with Gasteiger partial charge in [-0.05, 0) is 13.0 Å². The van der Waals surface area contributed by atoms with Crippen LogP contribution in [0.5, 0.6) is 0 Å². The summed E-state index contributed by atoms with van der Waals surface area (Å²) in [4.78, 5) is 4.13.